The molecule has 0 saturated carbocycles. The quantitative estimate of drug-likeness (QED) is 0.366. The Morgan fingerprint density at radius 3 is 2.56 bits per heavy atom. The van der Waals surface area contributed by atoms with Crippen LogP contribution < -0.4 is 10.2 Å². The molecule has 0 radical (unpaired) electrons. The van der Waals surface area contributed by atoms with Crippen LogP contribution in [0.4, 0.5) is 4.39 Å². The summed E-state index contributed by atoms with van der Waals surface area (Å²) in [5.41, 5.74) is 2.49. The van der Waals surface area contributed by atoms with Crippen LogP contribution in [0.15, 0.2) is 54.6 Å². The number of allylic oxidation sites excluding steroid dienone is 1. The Balaban J connectivity index is 2.17. The Bertz CT molecular complexity index is 843. The number of ketones is 1. The predicted octanol–water partition coefficient (Wildman–Crippen LogP) is 3.25. The van der Waals surface area contributed by atoms with E-state index < -0.39 is 11.7 Å². The zero-order chi connectivity index (χ0) is 18.2. The van der Waals surface area contributed by atoms with Gasteiger partial charge in [-0.05, 0) is 42.0 Å². The van der Waals surface area contributed by atoms with E-state index in [0.717, 1.165) is 6.08 Å². The lowest BCUT2D eigenvalue weighted by Crippen LogP contribution is -2.14. The van der Waals surface area contributed by atoms with Gasteiger partial charge in [-0.3, -0.25) is 14.8 Å². The Kier molecular flexibility index (Phi) is 6.20. The van der Waals surface area contributed by atoms with E-state index in [0.29, 0.717) is 16.9 Å². The molecule has 0 aliphatic heterocycles. The largest absolute Gasteiger partial charge is 0.496 e. The summed E-state index contributed by atoms with van der Waals surface area (Å²) in [5, 5.41) is 8.39. The second-order valence-corrected chi connectivity index (χ2v) is 4.99. The molecular formula is C19H16FNO4. The van der Waals surface area contributed by atoms with Gasteiger partial charge in [0.1, 0.15) is 11.6 Å². The molecule has 2 aromatic carbocycles. The lowest BCUT2D eigenvalue weighted by Gasteiger charge is -2.04. The number of hydrogen-bond acceptors (Lipinski definition) is 4. The van der Waals surface area contributed by atoms with Crippen LogP contribution in [0.25, 0.3) is 12.2 Å². The Labute approximate surface area is 144 Å². The third-order valence-electron chi connectivity index (χ3n) is 3.35. The standard InChI is InChI=1S/C19H16FNO4/c1-25-18-5-3-2-4-15(18)17(22)10-9-14-8-6-13(12-16(14)20)7-11-19(23)21-24/h2-12,24H,1H3,(H,21,23)/b10-9+,11-7+. The van der Waals surface area contributed by atoms with Gasteiger partial charge in [-0.25, -0.2) is 9.87 Å². The summed E-state index contributed by atoms with van der Waals surface area (Å²) >= 11 is 0. The van der Waals surface area contributed by atoms with Crippen LogP contribution in [-0.4, -0.2) is 24.0 Å². The lowest BCUT2D eigenvalue weighted by molar-refractivity contribution is -0.124. The van der Waals surface area contributed by atoms with Crippen molar-refractivity contribution in [2.45, 2.75) is 0 Å². The molecule has 128 valence electrons. The second-order valence-electron chi connectivity index (χ2n) is 4.99. The summed E-state index contributed by atoms with van der Waals surface area (Å²) in [7, 11) is 1.47. The molecule has 1 amide bonds. The molecule has 25 heavy (non-hydrogen) atoms. The topological polar surface area (TPSA) is 75.6 Å². The fraction of sp³-hybridized carbons (Fsp3) is 0.0526. The maximum atomic E-state index is 14.1. The number of nitrogens with one attached hydrogen (secondary N) is 1. The third-order valence-corrected chi connectivity index (χ3v) is 3.35. The SMILES string of the molecule is COc1ccccc1C(=O)/C=C/c1ccc(/C=C/C(=O)NO)cc1F. The highest BCUT2D eigenvalue weighted by Crippen LogP contribution is 2.19. The van der Waals surface area contributed by atoms with E-state index in [4.69, 9.17) is 9.94 Å². The zero-order valence-electron chi connectivity index (χ0n) is 13.4. The van der Waals surface area contributed by atoms with E-state index in [1.807, 2.05) is 0 Å². The van der Waals surface area contributed by atoms with E-state index in [2.05, 4.69) is 0 Å². The van der Waals surface area contributed by atoms with E-state index in [9.17, 15) is 14.0 Å². The molecule has 0 bridgehead atoms. The molecule has 5 nitrogen and oxygen atoms in total. The van der Waals surface area contributed by atoms with Crippen LogP contribution in [-0.2, 0) is 4.79 Å². The maximum absolute atomic E-state index is 14.1. The number of benzene rings is 2. The molecule has 0 saturated heterocycles. The van der Waals surface area contributed by atoms with Gasteiger partial charge in [0.2, 0.25) is 0 Å². The van der Waals surface area contributed by atoms with Crippen LogP contribution in [0, 0.1) is 5.82 Å². The summed E-state index contributed by atoms with van der Waals surface area (Å²) in [5.74, 6) is -1.12. The van der Waals surface area contributed by atoms with Crippen LogP contribution in [0.2, 0.25) is 0 Å². The number of methoxy groups -OCH3 is 1. The molecule has 0 spiro atoms. The highest BCUT2D eigenvalue weighted by Gasteiger charge is 2.08. The molecule has 0 aliphatic carbocycles. The Morgan fingerprint density at radius 1 is 1.12 bits per heavy atom. The monoisotopic (exact) mass is 341 g/mol. The average molecular weight is 341 g/mol. The molecule has 2 N–H and O–H groups in total. The molecule has 0 atom stereocenters. The van der Waals surface area contributed by atoms with Crippen LogP contribution in [0.1, 0.15) is 21.5 Å². The summed E-state index contributed by atoms with van der Waals surface area (Å²) in [4.78, 5) is 23.1. The number of amides is 1. The number of ether oxygens (including phenoxy) is 1. The van der Waals surface area contributed by atoms with Crippen LogP contribution in [0.3, 0.4) is 0 Å². The summed E-state index contributed by atoms with van der Waals surface area (Å²) in [6.07, 6.45) is 5.06. The van der Waals surface area contributed by atoms with Crippen molar-refractivity contribution >= 4 is 23.8 Å². The fourth-order valence-corrected chi connectivity index (χ4v) is 2.09. The van der Waals surface area contributed by atoms with E-state index in [1.165, 1.54) is 43.0 Å². The average Bonchev–Trinajstić information content (AvgIpc) is 2.64. The number of carbonyl (C=O) groups is 2. The minimum atomic E-state index is -0.716. The van der Waals surface area contributed by atoms with Crippen molar-refractivity contribution < 1.29 is 23.9 Å². The van der Waals surface area contributed by atoms with Gasteiger partial charge >= 0.3 is 0 Å². The number of para-hydroxylation sites is 1. The minimum absolute atomic E-state index is 0.229. The molecular weight excluding hydrogens is 325 g/mol. The first-order chi connectivity index (χ1) is 12.0. The Morgan fingerprint density at radius 2 is 1.88 bits per heavy atom. The molecule has 0 aromatic heterocycles. The van der Waals surface area contributed by atoms with Gasteiger partial charge in [0.05, 0.1) is 12.7 Å². The summed E-state index contributed by atoms with van der Waals surface area (Å²) < 4.78 is 19.2. The van der Waals surface area contributed by atoms with E-state index in [1.54, 1.807) is 30.3 Å². The summed E-state index contributed by atoms with van der Waals surface area (Å²) in [6, 6.07) is 11.0. The minimum Gasteiger partial charge on any atom is -0.496 e. The van der Waals surface area contributed by atoms with Gasteiger partial charge in [-0.2, -0.15) is 0 Å². The fourth-order valence-electron chi connectivity index (χ4n) is 2.09. The molecule has 0 unspecified atom stereocenters. The third kappa shape index (κ3) is 4.86. The maximum Gasteiger partial charge on any atom is 0.267 e. The van der Waals surface area contributed by atoms with Crippen LogP contribution >= 0.6 is 0 Å². The number of rotatable bonds is 6. The molecule has 0 fully saturated rings. The van der Waals surface area contributed by atoms with Crippen molar-refractivity contribution in [3.05, 3.63) is 77.1 Å². The van der Waals surface area contributed by atoms with Crippen molar-refractivity contribution in [3.8, 4) is 5.75 Å². The van der Waals surface area contributed by atoms with Gasteiger partial charge in [-0.1, -0.05) is 24.3 Å². The first kappa shape index (κ1) is 18.1. The van der Waals surface area contributed by atoms with Crippen molar-refractivity contribution in [1.29, 1.82) is 0 Å². The highest BCUT2D eigenvalue weighted by molar-refractivity contribution is 6.08. The molecule has 0 aliphatic rings. The van der Waals surface area contributed by atoms with Crippen molar-refractivity contribution in [3.63, 3.8) is 0 Å². The predicted molar refractivity (Wildman–Crippen MR) is 91.7 cm³/mol. The van der Waals surface area contributed by atoms with Gasteiger partial charge in [-0.15, -0.1) is 0 Å². The molecule has 0 heterocycles. The van der Waals surface area contributed by atoms with Gasteiger partial charge in [0, 0.05) is 11.6 Å². The van der Waals surface area contributed by atoms with Gasteiger partial charge in [0.25, 0.3) is 5.91 Å². The normalized spacial score (nSPS) is 11.0. The molecule has 2 rings (SSSR count). The first-order valence-electron chi connectivity index (χ1n) is 7.32. The number of halogens is 1. The number of carbonyl (C=O) groups excluding carboxylic acids is 2. The van der Waals surface area contributed by atoms with Crippen molar-refractivity contribution in [2.24, 2.45) is 0 Å². The highest BCUT2D eigenvalue weighted by atomic mass is 19.1. The van der Waals surface area contributed by atoms with Crippen molar-refractivity contribution in [1.82, 2.24) is 5.48 Å². The summed E-state index contributed by atoms with van der Waals surface area (Å²) in [6.45, 7) is 0. The van der Waals surface area contributed by atoms with Crippen molar-refractivity contribution in [2.75, 3.05) is 7.11 Å². The number of hydrogen-bond donors (Lipinski definition) is 2. The van der Waals surface area contributed by atoms with Gasteiger partial charge in [0.15, 0.2) is 5.78 Å². The van der Waals surface area contributed by atoms with Crippen LogP contribution in [0.5, 0.6) is 5.75 Å². The Hall–Kier alpha value is -3.25. The molecule has 6 heteroatoms. The first-order valence-corrected chi connectivity index (χ1v) is 7.32. The zero-order valence-corrected chi connectivity index (χ0v) is 13.4. The number of hydroxylamine groups is 1. The second kappa shape index (κ2) is 8.56. The van der Waals surface area contributed by atoms with Gasteiger partial charge < -0.3 is 4.74 Å². The molecule has 2 aromatic rings. The van der Waals surface area contributed by atoms with E-state index >= 15 is 0 Å². The van der Waals surface area contributed by atoms with E-state index in [-0.39, 0.29) is 11.3 Å². The lowest BCUT2D eigenvalue weighted by atomic mass is 10.1. The smallest absolute Gasteiger partial charge is 0.267 e.